The summed E-state index contributed by atoms with van der Waals surface area (Å²) in [6.45, 7) is 4.06. The number of nitrogens with zero attached hydrogens (tertiary/aromatic N) is 2. The molecule has 1 unspecified atom stereocenters. The Labute approximate surface area is 135 Å². The maximum absolute atomic E-state index is 13.3. The molecule has 128 valence electrons. The van der Waals surface area contributed by atoms with Crippen LogP contribution in [0.2, 0.25) is 0 Å². The maximum Gasteiger partial charge on any atom is 0.243 e. The average molecular weight is 344 g/mol. The molecule has 2 heterocycles. The quantitative estimate of drug-likeness (QED) is 0.848. The van der Waals surface area contributed by atoms with E-state index in [2.05, 4.69) is 4.90 Å². The van der Waals surface area contributed by atoms with Crippen molar-refractivity contribution in [1.82, 2.24) is 9.21 Å². The number of hydrogen-bond donors (Lipinski definition) is 1. The fourth-order valence-electron chi connectivity index (χ4n) is 3.34. The molecular weight excluding hydrogens is 323 g/mol. The Hall–Kier alpha value is -1.06. The number of aryl methyl sites for hydroxylation is 1. The number of benzene rings is 1. The summed E-state index contributed by atoms with van der Waals surface area (Å²) in [4.78, 5) is 2.21. The van der Waals surface area contributed by atoms with Crippen molar-refractivity contribution in [3.8, 4) is 0 Å². The number of aliphatic hydroxyl groups excluding tert-OH is 1. The number of morpholine rings is 1. The predicted octanol–water partition coefficient (Wildman–Crippen LogP) is 0.202. The highest BCUT2D eigenvalue weighted by atomic mass is 32.2. The van der Waals surface area contributed by atoms with Gasteiger partial charge in [-0.15, -0.1) is 0 Å². The summed E-state index contributed by atoms with van der Waals surface area (Å²) >= 11 is 0. The largest absolute Gasteiger partial charge is 0.394 e. The molecule has 2 fully saturated rings. The van der Waals surface area contributed by atoms with Crippen LogP contribution in [0.4, 0.5) is 4.39 Å². The monoisotopic (exact) mass is 344 g/mol. The second-order valence-corrected chi connectivity index (χ2v) is 8.08. The van der Waals surface area contributed by atoms with E-state index in [0.717, 1.165) is 6.07 Å². The maximum atomic E-state index is 13.3. The highest BCUT2D eigenvalue weighted by molar-refractivity contribution is 7.89. The van der Waals surface area contributed by atoms with E-state index in [1.54, 1.807) is 6.92 Å². The lowest BCUT2D eigenvalue weighted by Crippen LogP contribution is -2.69. The summed E-state index contributed by atoms with van der Waals surface area (Å²) < 4.78 is 45.9. The summed E-state index contributed by atoms with van der Waals surface area (Å²) in [5.74, 6) is -0.459. The lowest BCUT2D eigenvalue weighted by Gasteiger charge is -2.51. The van der Waals surface area contributed by atoms with Crippen LogP contribution in [0.3, 0.4) is 0 Å². The van der Waals surface area contributed by atoms with Gasteiger partial charge in [0.2, 0.25) is 10.0 Å². The lowest BCUT2D eigenvalue weighted by atomic mass is 9.95. The zero-order valence-electron chi connectivity index (χ0n) is 13.0. The molecule has 2 saturated heterocycles. The highest BCUT2D eigenvalue weighted by Crippen LogP contribution is 2.29. The number of sulfonamides is 1. The minimum absolute atomic E-state index is 0.108. The molecule has 1 aromatic rings. The Bertz CT molecular complexity index is 697. The van der Waals surface area contributed by atoms with E-state index in [-0.39, 0.29) is 18.0 Å². The Kier molecular flexibility index (Phi) is 4.45. The van der Waals surface area contributed by atoms with E-state index in [0.29, 0.717) is 38.4 Å². The fourth-order valence-corrected chi connectivity index (χ4v) is 5.06. The van der Waals surface area contributed by atoms with Gasteiger partial charge in [0, 0.05) is 26.2 Å². The molecule has 3 rings (SSSR count). The van der Waals surface area contributed by atoms with Crippen LogP contribution in [-0.4, -0.2) is 74.3 Å². The minimum Gasteiger partial charge on any atom is -0.394 e. The van der Waals surface area contributed by atoms with Crippen molar-refractivity contribution in [1.29, 1.82) is 0 Å². The number of fused-ring (bicyclic) bond motifs is 1. The molecule has 8 heteroatoms. The van der Waals surface area contributed by atoms with Gasteiger partial charge >= 0.3 is 0 Å². The minimum atomic E-state index is -3.73. The van der Waals surface area contributed by atoms with Crippen molar-refractivity contribution in [3.63, 3.8) is 0 Å². The van der Waals surface area contributed by atoms with Crippen LogP contribution in [0.25, 0.3) is 0 Å². The molecule has 1 N–H and O–H groups in total. The Morgan fingerprint density at radius 2 is 2.13 bits per heavy atom. The van der Waals surface area contributed by atoms with Gasteiger partial charge in [-0.3, -0.25) is 4.90 Å². The third kappa shape index (κ3) is 2.89. The third-order valence-electron chi connectivity index (χ3n) is 4.69. The van der Waals surface area contributed by atoms with Crippen LogP contribution in [0.5, 0.6) is 0 Å². The van der Waals surface area contributed by atoms with E-state index in [9.17, 15) is 17.9 Å². The van der Waals surface area contributed by atoms with Crippen LogP contribution in [0.1, 0.15) is 5.56 Å². The molecule has 6 nitrogen and oxygen atoms in total. The Balaban J connectivity index is 1.92. The van der Waals surface area contributed by atoms with Gasteiger partial charge in [-0.05, 0) is 30.7 Å². The van der Waals surface area contributed by atoms with Crippen molar-refractivity contribution in [2.24, 2.45) is 0 Å². The van der Waals surface area contributed by atoms with E-state index in [4.69, 9.17) is 4.74 Å². The van der Waals surface area contributed by atoms with Gasteiger partial charge in [0.25, 0.3) is 0 Å². The van der Waals surface area contributed by atoms with Crippen LogP contribution in [0, 0.1) is 12.7 Å². The first-order valence-electron chi connectivity index (χ1n) is 7.59. The molecule has 2 aliphatic heterocycles. The van der Waals surface area contributed by atoms with Crippen molar-refractivity contribution in [2.75, 3.05) is 46.0 Å². The molecule has 0 aromatic heterocycles. The van der Waals surface area contributed by atoms with Gasteiger partial charge < -0.3 is 9.84 Å². The zero-order valence-corrected chi connectivity index (χ0v) is 13.9. The van der Waals surface area contributed by atoms with E-state index < -0.39 is 21.4 Å². The molecule has 0 radical (unpaired) electrons. The second-order valence-electron chi connectivity index (χ2n) is 6.17. The lowest BCUT2D eigenvalue weighted by molar-refractivity contribution is -0.114. The Morgan fingerprint density at radius 1 is 1.35 bits per heavy atom. The topological polar surface area (TPSA) is 70.1 Å². The number of hydrogen-bond acceptors (Lipinski definition) is 5. The van der Waals surface area contributed by atoms with Gasteiger partial charge in [-0.25, -0.2) is 12.8 Å². The average Bonchev–Trinajstić information content (AvgIpc) is 2.53. The molecule has 0 saturated carbocycles. The van der Waals surface area contributed by atoms with Crippen molar-refractivity contribution in [3.05, 3.63) is 29.6 Å². The van der Waals surface area contributed by atoms with Crippen LogP contribution < -0.4 is 0 Å². The number of ether oxygens (including phenoxy) is 1. The van der Waals surface area contributed by atoms with Crippen LogP contribution in [-0.2, 0) is 14.8 Å². The first kappa shape index (κ1) is 16.8. The van der Waals surface area contributed by atoms with Crippen LogP contribution in [0.15, 0.2) is 23.1 Å². The van der Waals surface area contributed by atoms with Gasteiger partial charge in [-0.1, -0.05) is 0 Å². The second kappa shape index (κ2) is 6.10. The first-order chi connectivity index (χ1) is 10.9. The summed E-state index contributed by atoms with van der Waals surface area (Å²) in [5.41, 5.74) is -0.317. The zero-order chi connectivity index (χ0) is 16.7. The molecule has 23 heavy (non-hydrogen) atoms. The molecule has 1 atom stereocenters. The Morgan fingerprint density at radius 3 is 2.83 bits per heavy atom. The highest BCUT2D eigenvalue weighted by Gasteiger charge is 2.46. The van der Waals surface area contributed by atoms with Crippen molar-refractivity contribution >= 4 is 10.0 Å². The summed E-state index contributed by atoms with van der Waals surface area (Å²) in [6.07, 6.45) is 0. The first-order valence-corrected chi connectivity index (χ1v) is 9.03. The molecule has 0 aliphatic carbocycles. The van der Waals surface area contributed by atoms with Gasteiger partial charge in [0.15, 0.2) is 0 Å². The smallest absolute Gasteiger partial charge is 0.243 e. The fraction of sp³-hybridized carbons (Fsp3) is 0.600. The van der Waals surface area contributed by atoms with Crippen molar-refractivity contribution in [2.45, 2.75) is 17.4 Å². The summed E-state index contributed by atoms with van der Waals surface area (Å²) in [6, 6.07) is 3.67. The van der Waals surface area contributed by atoms with E-state index >= 15 is 0 Å². The van der Waals surface area contributed by atoms with Gasteiger partial charge in [0.1, 0.15) is 5.82 Å². The van der Waals surface area contributed by atoms with Crippen LogP contribution >= 0.6 is 0 Å². The summed E-state index contributed by atoms with van der Waals surface area (Å²) in [5, 5.41) is 9.83. The molecule has 0 spiro atoms. The predicted molar refractivity (Wildman–Crippen MR) is 82.1 cm³/mol. The molecule has 0 amide bonds. The third-order valence-corrected chi connectivity index (χ3v) is 6.69. The van der Waals surface area contributed by atoms with Gasteiger partial charge in [-0.2, -0.15) is 4.31 Å². The summed E-state index contributed by atoms with van der Waals surface area (Å²) in [7, 11) is -3.73. The molecule has 1 aromatic carbocycles. The molecule has 0 bridgehead atoms. The van der Waals surface area contributed by atoms with E-state index in [1.807, 2.05) is 0 Å². The SMILES string of the molecule is Cc1cc(F)ccc1S(=O)(=O)N1CCN2CCOCC2(CO)C1. The normalized spacial score (nSPS) is 26.9. The number of aliphatic hydroxyl groups is 1. The van der Waals surface area contributed by atoms with Gasteiger partial charge in [0.05, 0.1) is 30.3 Å². The molecule has 2 aliphatic rings. The van der Waals surface area contributed by atoms with Crippen molar-refractivity contribution < 1.29 is 22.7 Å². The standard InChI is InChI=1S/C15H21FN2O4S/c1-12-8-13(16)2-3-14(12)23(20,21)18-5-4-17-6-7-22-11-15(17,9-18)10-19/h2-3,8,19H,4-7,9-11H2,1H3. The number of rotatable bonds is 3. The number of piperazine rings is 1. The van der Waals surface area contributed by atoms with E-state index in [1.165, 1.54) is 16.4 Å². The molecular formula is C15H21FN2O4S. The number of halogens is 1.